The molecule has 3 heteroatoms. The lowest BCUT2D eigenvalue weighted by Crippen LogP contribution is -2.11. The van der Waals surface area contributed by atoms with Crippen LogP contribution >= 0.6 is 0 Å². The third-order valence-electron chi connectivity index (χ3n) is 1.77. The van der Waals surface area contributed by atoms with Crippen molar-refractivity contribution in [2.45, 2.75) is 39.3 Å². The van der Waals surface area contributed by atoms with Crippen LogP contribution in [0.1, 0.15) is 32.3 Å². The fourth-order valence-electron chi connectivity index (χ4n) is 1.05. The van der Waals surface area contributed by atoms with E-state index in [4.69, 9.17) is 5.11 Å². The van der Waals surface area contributed by atoms with Gasteiger partial charge < -0.3 is 5.11 Å². The highest BCUT2D eigenvalue weighted by molar-refractivity contribution is 5.08. The maximum atomic E-state index is 9.09. The molecule has 3 nitrogen and oxygen atoms in total. The Labute approximate surface area is 73.0 Å². The minimum atomic E-state index is -0.329. The first-order valence-corrected chi connectivity index (χ1v) is 4.30. The predicted octanol–water partition coefficient (Wildman–Crippen LogP) is 1.39. The van der Waals surface area contributed by atoms with Crippen LogP contribution in [0.4, 0.5) is 0 Å². The number of hydrogen-bond acceptors (Lipinski definition) is 2. The second kappa shape index (κ2) is 3.72. The van der Waals surface area contributed by atoms with E-state index >= 15 is 0 Å². The Bertz CT molecular complexity index is 240. The summed E-state index contributed by atoms with van der Waals surface area (Å²) >= 11 is 0. The average molecular weight is 168 g/mol. The summed E-state index contributed by atoms with van der Waals surface area (Å²) in [5.41, 5.74) is 1.22. The molecule has 1 atom stereocenters. The van der Waals surface area contributed by atoms with Gasteiger partial charge in [0.25, 0.3) is 0 Å². The molecule has 12 heavy (non-hydrogen) atoms. The van der Waals surface area contributed by atoms with Gasteiger partial charge in [-0.25, -0.2) is 0 Å². The van der Waals surface area contributed by atoms with Crippen LogP contribution in [-0.4, -0.2) is 21.0 Å². The molecule has 1 heterocycles. The third kappa shape index (κ3) is 2.34. The molecule has 0 aliphatic rings. The molecule has 1 aromatic heterocycles. The first kappa shape index (κ1) is 9.26. The normalized spacial score (nSPS) is 13.8. The maximum absolute atomic E-state index is 9.09. The van der Waals surface area contributed by atoms with Crippen LogP contribution in [0, 0.1) is 0 Å². The van der Waals surface area contributed by atoms with E-state index in [-0.39, 0.29) is 6.10 Å². The van der Waals surface area contributed by atoms with Crippen molar-refractivity contribution in [3.63, 3.8) is 0 Å². The highest BCUT2D eigenvalue weighted by Gasteiger charge is 2.03. The maximum Gasteiger partial charge on any atom is 0.0708 e. The minimum absolute atomic E-state index is 0.329. The lowest BCUT2D eigenvalue weighted by atomic mass is 10.1. The summed E-state index contributed by atoms with van der Waals surface area (Å²) in [5.74, 6) is 0.507. The van der Waals surface area contributed by atoms with E-state index in [1.165, 1.54) is 5.56 Å². The number of nitrogens with zero attached hydrogens (tertiary/aromatic N) is 2. The molecule has 0 saturated carbocycles. The molecule has 0 bridgehead atoms. The van der Waals surface area contributed by atoms with Gasteiger partial charge in [0.15, 0.2) is 0 Å². The Morgan fingerprint density at radius 3 is 2.58 bits per heavy atom. The highest BCUT2D eigenvalue weighted by atomic mass is 16.3. The van der Waals surface area contributed by atoms with Crippen LogP contribution in [0.3, 0.4) is 0 Å². The standard InChI is InChI=1S/C9H16N2O/c1-7(2)9-4-10-11(6-9)5-8(3)12/h4,6-8,12H,5H2,1-3H3. The monoisotopic (exact) mass is 168 g/mol. The Hall–Kier alpha value is -0.830. The van der Waals surface area contributed by atoms with Gasteiger partial charge in [0.05, 0.1) is 18.8 Å². The van der Waals surface area contributed by atoms with Gasteiger partial charge in [-0.15, -0.1) is 0 Å². The number of aliphatic hydroxyl groups is 1. The van der Waals surface area contributed by atoms with E-state index in [2.05, 4.69) is 18.9 Å². The van der Waals surface area contributed by atoms with E-state index in [1.54, 1.807) is 11.6 Å². The minimum Gasteiger partial charge on any atom is -0.391 e. The molecule has 0 amide bonds. The fraction of sp³-hybridized carbons (Fsp3) is 0.667. The van der Waals surface area contributed by atoms with Gasteiger partial charge in [0.2, 0.25) is 0 Å². The molecule has 1 rings (SSSR count). The van der Waals surface area contributed by atoms with E-state index in [1.807, 2.05) is 12.4 Å². The second-order valence-electron chi connectivity index (χ2n) is 3.50. The zero-order valence-electron chi connectivity index (χ0n) is 7.86. The lowest BCUT2D eigenvalue weighted by molar-refractivity contribution is 0.168. The van der Waals surface area contributed by atoms with Crippen LogP contribution in [0.5, 0.6) is 0 Å². The summed E-state index contributed by atoms with van der Waals surface area (Å²) in [5, 5.41) is 13.2. The predicted molar refractivity (Wildman–Crippen MR) is 48.0 cm³/mol. The molecule has 1 aromatic rings. The van der Waals surface area contributed by atoms with E-state index < -0.39 is 0 Å². The van der Waals surface area contributed by atoms with Gasteiger partial charge in [0.1, 0.15) is 0 Å². The molecule has 0 aromatic carbocycles. The highest BCUT2D eigenvalue weighted by Crippen LogP contribution is 2.12. The average Bonchev–Trinajstić information content (AvgIpc) is 2.34. The van der Waals surface area contributed by atoms with Crippen LogP contribution in [0.25, 0.3) is 0 Å². The summed E-state index contributed by atoms with van der Waals surface area (Å²) in [7, 11) is 0. The molecule has 0 spiro atoms. The molecule has 0 saturated heterocycles. The van der Waals surface area contributed by atoms with Gasteiger partial charge in [-0.3, -0.25) is 4.68 Å². The van der Waals surface area contributed by atoms with Crippen LogP contribution in [0.2, 0.25) is 0 Å². The lowest BCUT2D eigenvalue weighted by Gasteiger charge is -2.03. The van der Waals surface area contributed by atoms with Crippen LogP contribution in [0.15, 0.2) is 12.4 Å². The van der Waals surface area contributed by atoms with Gasteiger partial charge >= 0.3 is 0 Å². The molecular weight excluding hydrogens is 152 g/mol. The molecule has 0 fully saturated rings. The van der Waals surface area contributed by atoms with Crippen molar-refractivity contribution in [3.05, 3.63) is 18.0 Å². The first-order chi connectivity index (χ1) is 5.59. The Morgan fingerprint density at radius 1 is 1.50 bits per heavy atom. The van der Waals surface area contributed by atoms with Gasteiger partial charge in [-0.2, -0.15) is 5.10 Å². The Balaban J connectivity index is 2.64. The van der Waals surface area contributed by atoms with Crippen molar-refractivity contribution in [2.75, 3.05) is 0 Å². The molecule has 0 aliphatic heterocycles. The molecule has 1 N–H and O–H groups in total. The third-order valence-corrected chi connectivity index (χ3v) is 1.77. The topological polar surface area (TPSA) is 38.0 Å². The number of aromatic nitrogens is 2. The van der Waals surface area contributed by atoms with E-state index in [0.29, 0.717) is 12.5 Å². The SMILES string of the molecule is CC(O)Cn1cc(C(C)C)cn1. The number of rotatable bonds is 3. The molecule has 68 valence electrons. The second-order valence-corrected chi connectivity index (χ2v) is 3.50. The molecular formula is C9H16N2O. The molecule has 0 radical (unpaired) electrons. The van der Waals surface area contributed by atoms with Crippen molar-refractivity contribution >= 4 is 0 Å². The van der Waals surface area contributed by atoms with Crippen molar-refractivity contribution < 1.29 is 5.11 Å². The van der Waals surface area contributed by atoms with E-state index in [0.717, 1.165) is 0 Å². The van der Waals surface area contributed by atoms with Crippen LogP contribution < -0.4 is 0 Å². The van der Waals surface area contributed by atoms with Gasteiger partial charge in [-0.05, 0) is 18.4 Å². The largest absolute Gasteiger partial charge is 0.391 e. The van der Waals surface area contributed by atoms with E-state index in [9.17, 15) is 0 Å². The first-order valence-electron chi connectivity index (χ1n) is 4.30. The van der Waals surface area contributed by atoms with Crippen LogP contribution in [-0.2, 0) is 6.54 Å². The smallest absolute Gasteiger partial charge is 0.0708 e. The summed E-state index contributed by atoms with van der Waals surface area (Å²) in [6.45, 7) is 6.59. The van der Waals surface area contributed by atoms with Crippen molar-refractivity contribution in [1.29, 1.82) is 0 Å². The zero-order valence-corrected chi connectivity index (χ0v) is 7.86. The summed E-state index contributed by atoms with van der Waals surface area (Å²) in [4.78, 5) is 0. The van der Waals surface area contributed by atoms with Crippen molar-refractivity contribution in [2.24, 2.45) is 0 Å². The summed E-state index contributed by atoms with van der Waals surface area (Å²) < 4.78 is 1.78. The van der Waals surface area contributed by atoms with Gasteiger partial charge in [-0.1, -0.05) is 13.8 Å². The Morgan fingerprint density at radius 2 is 2.17 bits per heavy atom. The van der Waals surface area contributed by atoms with Gasteiger partial charge in [0, 0.05) is 6.20 Å². The molecule has 0 aliphatic carbocycles. The fourth-order valence-corrected chi connectivity index (χ4v) is 1.05. The Kier molecular flexibility index (Phi) is 2.87. The number of aliphatic hydroxyl groups excluding tert-OH is 1. The summed E-state index contributed by atoms with van der Waals surface area (Å²) in [6.07, 6.45) is 3.51. The number of hydrogen-bond donors (Lipinski definition) is 1. The molecule has 1 unspecified atom stereocenters. The van der Waals surface area contributed by atoms with Crippen molar-refractivity contribution in [3.8, 4) is 0 Å². The quantitative estimate of drug-likeness (QED) is 0.740. The van der Waals surface area contributed by atoms with Crippen molar-refractivity contribution in [1.82, 2.24) is 9.78 Å². The summed E-state index contributed by atoms with van der Waals surface area (Å²) in [6, 6.07) is 0. The zero-order chi connectivity index (χ0) is 9.14.